The molecule has 1 aliphatic carbocycles. The van der Waals surface area contributed by atoms with Crippen LogP contribution in [0, 0.1) is 11.3 Å². The van der Waals surface area contributed by atoms with Crippen LogP contribution in [-0.2, 0) is 5.60 Å². The first-order valence-electron chi connectivity index (χ1n) is 7.45. The predicted molar refractivity (Wildman–Crippen MR) is 82.4 cm³/mol. The molecule has 106 valence electrons. The molecule has 0 saturated heterocycles. The first kappa shape index (κ1) is 13.6. The van der Waals surface area contributed by atoms with Crippen molar-refractivity contribution in [3.05, 3.63) is 42.2 Å². The SMILES string of the molecule is CC1CC(C)(C)CC(O)(c2cccc3cnccc23)C1. The average Bonchev–Trinajstić information content (AvgIpc) is 2.35. The summed E-state index contributed by atoms with van der Waals surface area (Å²) in [6.07, 6.45) is 6.54. The molecule has 2 aromatic rings. The zero-order chi connectivity index (χ0) is 14.4. The van der Waals surface area contributed by atoms with E-state index in [1.807, 2.05) is 24.5 Å². The molecule has 2 unspecified atom stereocenters. The van der Waals surface area contributed by atoms with E-state index in [1.165, 1.54) is 6.42 Å². The molecule has 1 aromatic heterocycles. The molecule has 0 bridgehead atoms. The van der Waals surface area contributed by atoms with Crippen LogP contribution < -0.4 is 0 Å². The van der Waals surface area contributed by atoms with Gasteiger partial charge in [0.2, 0.25) is 0 Å². The van der Waals surface area contributed by atoms with Crippen molar-refractivity contribution in [1.82, 2.24) is 4.98 Å². The van der Waals surface area contributed by atoms with Gasteiger partial charge in [-0.1, -0.05) is 39.0 Å². The van der Waals surface area contributed by atoms with Gasteiger partial charge in [0.25, 0.3) is 0 Å². The number of hydrogen-bond acceptors (Lipinski definition) is 2. The minimum Gasteiger partial charge on any atom is -0.385 e. The zero-order valence-corrected chi connectivity index (χ0v) is 12.6. The number of fused-ring (bicyclic) bond motifs is 1. The lowest BCUT2D eigenvalue weighted by molar-refractivity contribution is -0.0624. The maximum Gasteiger partial charge on any atom is 0.0910 e. The van der Waals surface area contributed by atoms with Crippen molar-refractivity contribution < 1.29 is 5.11 Å². The molecule has 1 aliphatic rings. The Morgan fingerprint density at radius 1 is 1.20 bits per heavy atom. The number of aromatic nitrogens is 1. The summed E-state index contributed by atoms with van der Waals surface area (Å²) in [5.74, 6) is 0.542. The third-order valence-electron chi connectivity index (χ3n) is 4.54. The van der Waals surface area contributed by atoms with Crippen LogP contribution in [0.3, 0.4) is 0 Å². The average molecular weight is 269 g/mol. The van der Waals surface area contributed by atoms with Crippen molar-refractivity contribution in [2.24, 2.45) is 11.3 Å². The summed E-state index contributed by atoms with van der Waals surface area (Å²) in [4.78, 5) is 4.18. The Bertz CT molecular complexity index is 629. The fourth-order valence-electron chi connectivity index (χ4n) is 4.26. The van der Waals surface area contributed by atoms with Gasteiger partial charge in [-0.15, -0.1) is 0 Å². The molecule has 2 atom stereocenters. The first-order valence-corrected chi connectivity index (χ1v) is 7.45. The molecule has 1 aromatic carbocycles. The van der Waals surface area contributed by atoms with Crippen molar-refractivity contribution in [3.8, 4) is 0 Å². The van der Waals surface area contributed by atoms with Crippen molar-refractivity contribution in [3.63, 3.8) is 0 Å². The molecule has 1 heterocycles. The van der Waals surface area contributed by atoms with E-state index in [4.69, 9.17) is 0 Å². The molecule has 2 heteroatoms. The Hall–Kier alpha value is -1.41. The Morgan fingerprint density at radius 3 is 2.75 bits per heavy atom. The molecule has 1 saturated carbocycles. The molecule has 3 rings (SSSR count). The molecule has 20 heavy (non-hydrogen) atoms. The summed E-state index contributed by atoms with van der Waals surface area (Å²) in [5, 5.41) is 13.6. The van der Waals surface area contributed by atoms with Crippen LogP contribution in [0.15, 0.2) is 36.7 Å². The second kappa shape index (κ2) is 4.56. The van der Waals surface area contributed by atoms with Gasteiger partial charge >= 0.3 is 0 Å². The van der Waals surface area contributed by atoms with Crippen molar-refractivity contribution in [2.75, 3.05) is 0 Å². The molecule has 0 spiro atoms. The van der Waals surface area contributed by atoms with Crippen LogP contribution in [0.25, 0.3) is 10.8 Å². The predicted octanol–water partition coefficient (Wildman–Crippen LogP) is 4.27. The topological polar surface area (TPSA) is 33.1 Å². The Labute approximate surface area is 120 Å². The Kier molecular flexibility index (Phi) is 3.09. The number of benzene rings is 1. The highest BCUT2D eigenvalue weighted by Crippen LogP contribution is 2.49. The number of nitrogens with zero attached hydrogens (tertiary/aromatic N) is 1. The monoisotopic (exact) mass is 269 g/mol. The Morgan fingerprint density at radius 2 is 2.00 bits per heavy atom. The maximum atomic E-state index is 11.3. The molecule has 0 aliphatic heterocycles. The van der Waals surface area contributed by atoms with E-state index in [0.717, 1.165) is 29.2 Å². The van der Waals surface area contributed by atoms with E-state index >= 15 is 0 Å². The quantitative estimate of drug-likeness (QED) is 0.838. The standard InChI is InChI=1S/C18H23NO/c1-13-9-17(2,3)12-18(20,10-13)16-6-4-5-14-11-19-8-7-15(14)16/h4-8,11,13,20H,9-10,12H2,1-3H3. The molecular weight excluding hydrogens is 246 g/mol. The number of rotatable bonds is 1. The fourth-order valence-corrected chi connectivity index (χ4v) is 4.26. The van der Waals surface area contributed by atoms with Gasteiger partial charge in [0, 0.05) is 17.8 Å². The van der Waals surface area contributed by atoms with E-state index in [2.05, 4.69) is 37.9 Å². The summed E-state index contributed by atoms with van der Waals surface area (Å²) in [7, 11) is 0. The molecule has 1 fully saturated rings. The Balaban J connectivity index is 2.14. The molecule has 0 amide bonds. The molecular formula is C18H23NO. The van der Waals surface area contributed by atoms with Crippen LogP contribution in [0.1, 0.15) is 45.6 Å². The highest BCUT2D eigenvalue weighted by Gasteiger charge is 2.43. The van der Waals surface area contributed by atoms with Gasteiger partial charge in [0.15, 0.2) is 0 Å². The summed E-state index contributed by atoms with van der Waals surface area (Å²) in [5.41, 5.74) is 0.529. The van der Waals surface area contributed by atoms with E-state index in [1.54, 1.807) is 0 Å². The van der Waals surface area contributed by atoms with Gasteiger partial charge in [0.05, 0.1) is 5.60 Å². The van der Waals surface area contributed by atoms with Crippen LogP contribution >= 0.6 is 0 Å². The van der Waals surface area contributed by atoms with Gasteiger partial charge in [-0.25, -0.2) is 0 Å². The second-order valence-corrected chi connectivity index (χ2v) is 7.29. The van der Waals surface area contributed by atoms with Crippen molar-refractivity contribution in [2.45, 2.75) is 45.6 Å². The van der Waals surface area contributed by atoms with Gasteiger partial charge in [-0.05, 0) is 47.6 Å². The van der Waals surface area contributed by atoms with Crippen LogP contribution in [-0.4, -0.2) is 10.1 Å². The molecule has 1 N–H and O–H groups in total. The van der Waals surface area contributed by atoms with Gasteiger partial charge in [-0.3, -0.25) is 4.98 Å². The van der Waals surface area contributed by atoms with Gasteiger partial charge in [0.1, 0.15) is 0 Å². The largest absolute Gasteiger partial charge is 0.385 e. The number of aliphatic hydroxyl groups is 1. The molecule has 2 nitrogen and oxygen atoms in total. The summed E-state index contributed by atoms with van der Waals surface area (Å²) < 4.78 is 0. The van der Waals surface area contributed by atoms with E-state index in [0.29, 0.717) is 5.92 Å². The fraction of sp³-hybridized carbons (Fsp3) is 0.500. The maximum absolute atomic E-state index is 11.3. The van der Waals surface area contributed by atoms with E-state index in [9.17, 15) is 5.11 Å². The van der Waals surface area contributed by atoms with Crippen LogP contribution in [0.4, 0.5) is 0 Å². The highest BCUT2D eigenvalue weighted by molar-refractivity contribution is 5.85. The summed E-state index contributed by atoms with van der Waals surface area (Å²) in [6, 6.07) is 8.20. The van der Waals surface area contributed by atoms with E-state index in [-0.39, 0.29) is 5.41 Å². The lowest BCUT2D eigenvalue weighted by Gasteiger charge is -2.45. The second-order valence-electron chi connectivity index (χ2n) is 7.29. The highest BCUT2D eigenvalue weighted by atomic mass is 16.3. The van der Waals surface area contributed by atoms with Gasteiger partial charge < -0.3 is 5.11 Å². The van der Waals surface area contributed by atoms with E-state index < -0.39 is 5.60 Å². The summed E-state index contributed by atoms with van der Waals surface area (Å²) in [6.45, 7) is 6.78. The third-order valence-corrected chi connectivity index (χ3v) is 4.54. The first-order chi connectivity index (χ1) is 9.40. The lowest BCUT2D eigenvalue weighted by atomic mass is 9.63. The minimum atomic E-state index is -0.720. The van der Waals surface area contributed by atoms with Crippen LogP contribution in [0.5, 0.6) is 0 Å². The van der Waals surface area contributed by atoms with Crippen molar-refractivity contribution in [1.29, 1.82) is 0 Å². The minimum absolute atomic E-state index is 0.182. The van der Waals surface area contributed by atoms with Crippen LogP contribution in [0.2, 0.25) is 0 Å². The smallest absolute Gasteiger partial charge is 0.0910 e. The normalized spacial score (nSPS) is 29.5. The summed E-state index contributed by atoms with van der Waals surface area (Å²) >= 11 is 0. The van der Waals surface area contributed by atoms with Gasteiger partial charge in [-0.2, -0.15) is 0 Å². The lowest BCUT2D eigenvalue weighted by Crippen LogP contribution is -2.40. The molecule has 0 radical (unpaired) electrons. The number of hydrogen-bond donors (Lipinski definition) is 1. The number of pyridine rings is 1. The third kappa shape index (κ3) is 2.33. The van der Waals surface area contributed by atoms with Crippen molar-refractivity contribution >= 4 is 10.8 Å². The zero-order valence-electron chi connectivity index (χ0n) is 12.6.